The summed E-state index contributed by atoms with van der Waals surface area (Å²) in [5.74, 6) is 0.591. The Kier molecular flexibility index (Phi) is 2.47. The number of pyridine rings is 1. The fourth-order valence-corrected chi connectivity index (χ4v) is 2.48. The van der Waals surface area contributed by atoms with Crippen molar-refractivity contribution in [1.29, 1.82) is 0 Å². The van der Waals surface area contributed by atoms with Gasteiger partial charge in [0.2, 0.25) is 0 Å². The summed E-state index contributed by atoms with van der Waals surface area (Å²) in [6, 6.07) is 7.24. The molecule has 3 aromatic rings. The van der Waals surface area contributed by atoms with E-state index >= 15 is 0 Å². The number of rotatable bonds is 2. The molecule has 0 radical (unpaired) electrons. The summed E-state index contributed by atoms with van der Waals surface area (Å²) >= 11 is 0. The summed E-state index contributed by atoms with van der Waals surface area (Å²) in [6.45, 7) is 4.40. The molecule has 0 aliphatic heterocycles. The van der Waals surface area contributed by atoms with E-state index in [0.29, 0.717) is 5.92 Å². The van der Waals surface area contributed by atoms with Crippen LogP contribution in [-0.2, 0) is 6.42 Å². The molecule has 0 aliphatic carbocycles. The van der Waals surface area contributed by atoms with Crippen molar-refractivity contribution < 1.29 is 0 Å². The molecule has 2 N–H and O–H groups in total. The van der Waals surface area contributed by atoms with Crippen molar-refractivity contribution in [2.75, 3.05) is 0 Å². The Balaban J connectivity index is 2.34. The molecule has 3 rings (SSSR count). The quantitative estimate of drug-likeness (QED) is 0.710. The molecule has 0 saturated heterocycles. The molecule has 92 valence electrons. The van der Waals surface area contributed by atoms with Crippen molar-refractivity contribution in [3.8, 4) is 0 Å². The number of nitrogens with one attached hydrogen (secondary N) is 2. The third kappa shape index (κ3) is 1.72. The summed E-state index contributed by atoms with van der Waals surface area (Å²) in [4.78, 5) is 18.1. The third-order valence-corrected chi connectivity index (χ3v) is 3.23. The Morgan fingerprint density at radius 2 is 2.00 bits per heavy atom. The molecule has 0 aliphatic rings. The molecule has 0 spiro atoms. The first-order valence-corrected chi connectivity index (χ1v) is 6.27. The monoisotopic (exact) mass is 240 g/mol. The van der Waals surface area contributed by atoms with E-state index in [1.165, 1.54) is 11.1 Å². The average molecular weight is 240 g/mol. The second-order valence-electron chi connectivity index (χ2n) is 5.18. The van der Waals surface area contributed by atoms with Crippen LogP contribution < -0.4 is 5.43 Å². The van der Waals surface area contributed by atoms with Crippen LogP contribution >= 0.6 is 0 Å². The van der Waals surface area contributed by atoms with Gasteiger partial charge in [-0.15, -0.1) is 0 Å². The van der Waals surface area contributed by atoms with Gasteiger partial charge in [-0.05, 0) is 30.5 Å². The summed E-state index contributed by atoms with van der Waals surface area (Å²) in [5, 5.41) is 2.29. The highest BCUT2D eigenvalue weighted by Crippen LogP contribution is 2.26. The van der Waals surface area contributed by atoms with Gasteiger partial charge in [-0.3, -0.25) is 4.79 Å². The third-order valence-electron chi connectivity index (χ3n) is 3.23. The Bertz CT molecular complexity index is 765. The van der Waals surface area contributed by atoms with Crippen molar-refractivity contribution in [2.24, 2.45) is 5.92 Å². The zero-order valence-corrected chi connectivity index (χ0v) is 10.6. The molecule has 2 aromatic heterocycles. The van der Waals surface area contributed by atoms with E-state index in [9.17, 15) is 4.79 Å². The largest absolute Gasteiger partial charge is 0.363 e. The van der Waals surface area contributed by atoms with Crippen molar-refractivity contribution in [2.45, 2.75) is 20.3 Å². The molecule has 0 bridgehead atoms. The summed E-state index contributed by atoms with van der Waals surface area (Å²) in [5.41, 5.74) is 3.28. The predicted octanol–water partition coefficient (Wildman–Crippen LogP) is 3.21. The highest BCUT2D eigenvalue weighted by molar-refractivity contribution is 6.07. The second-order valence-corrected chi connectivity index (χ2v) is 5.18. The second kappa shape index (κ2) is 4.02. The average Bonchev–Trinajstić information content (AvgIpc) is 2.67. The fraction of sp³-hybridized carbons (Fsp3) is 0.267. The predicted molar refractivity (Wildman–Crippen MR) is 75.0 cm³/mol. The normalized spacial score (nSPS) is 11.7. The number of hydrogen-bond acceptors (Lipinski definition) is 1. The number of fused-ring (bicyclic) bond motifs is 3. The van der Waals surface area contributed by atoms with Crippen LogP contribution in [0, 0.1) is 5.92 Å². The minimum atomic E-state index is 0.0449. The SMILES string of the molecule is CC(C)Cc1[nH]ccc2c1[nH]c1cc(=O)ccc12. The van der Waals surface area contributed by atoms with Gasteiger partial charge in [0.25, 0.3) is 0 Å². The molecule has 1 aromatic carbocycles. The number of H-pyrrole nitrogens is 2. The van der Waals surface area contributed by atoms with Crippen LogP contribution in [0.4, 0.5) is 0 Å². The number of aromatic nitrogens is 2. The summed E-state index contributed by atoms with van der Waals surface area (Å²) in [6.07, 6.45) is 2.97. The molecule has 0 atom stereocenters. The van der Waals surface area contributed by atoms with Crippen LogP contribution in [0.5, 0.6) is 0 Å². The lowest BCUT2D eigenvalue weighted by Crippen LogP contribution is -1.97. The highest BCUT2D eigenvalue weighted by Gasteiger charge is 2.09. The first-order chi connectivity index (χ1) is 8.65. The zero-order chi connectivity index (χ0) is 12.7. The van der Waals surface area contributed by atoms with E-state index in [0.717, 1.165) is 22.8 Å². The minimum absolute atomic E-state index is 0.0449. The fourth-order valence-electron chi connectivity index (χ4n) is 2.48. The lowest BCUT2D eigenvalue weighted by atomic mass is 10.1. The molecule has 0 fully saturated rings. The van der Waals surface area contributed by atoms with Crippen LogP contribution in [0.25, 0.3) is 21.8 Å². The van der Waals surface area contributed by atoms with Gasteiger partial charge in [-0.2, -0.15) is 0 Å². The summed E-state index contributed by atoms with van der Waals surface area (Å²) in [7, 11) is 0. The Hall–Kier alpha value is -2.03. The maximum atomic E-state index is 11.4. The molecule has 3 heteroatoms. The van der Waals surface area contributed by atoms with Gasteiger partial charge in [0.05, 0.1) is 11.0 Å². The van der Waals surface area contributed by atoms with Crippen molar-refractivity contribution in [3.63, 3.8) is 0 Å². The van der Waals surface area contributed by atoms with Gasteiger partial charge in [0.15, 0.2) is 5.43 Å². The Labute approximate surface area is 105 Å². The topological polar surface area (TPSA) is 48.6 Å². The van der Waals surface area contributed by atoms with Gasteiger partial charge < -0.3 is 9.97 Å². The van der Waals surface area contributed by atoms with Gasteiger partial charge in [-0.25, -0.2) is 0 Å². The number of benzene rings is 1. The van der Waals surface area contributed by atoms with Crippen LogP contribution in [0.15, 0.2) is 35.3 Å². The summed E-state index contributed by atoms with van der Waals surface area (Å²) < 4.78 is 0. The lowest BCUT2D eigenvalue weighted by Gasteiger charge is -2.06. The lowest BCUT2D eigenvalue weighted by molar-refractivity contribution is 0.638. The first kappa shape index (κ1) is 11.1. The molecule has 0 unspecified atom stereocenters. The zero-order valence-electron chi connectivity index (χ0n) is 10.6. The minimum Gasteiger partial charge on any atom is -0.363 e. The Morgan fingerprint density at radius 1 is 1.17 bits per heavy atom. The maximum Gasteiger partial charge on any atom is 0.180 e. The highest BCUT2D eigenvalue weighted by atomic mass is 16.1. The van der Waals surface area contributed by atoms with E-state index in [1.54, 1.807) is 12.1 Å². The van der Waals surface area contributed by atoms with Crippen molar-refractivity contribution >= 4 is 21.8 Å². The van der Waals surface area contributed by atoms with Gasteiger partial charge in [0, 0.05) is 28.7 Å². The molecule has 3 nitrogen and oxygen atoms in total. The number of hydrogen-bond donors (Lipinski definition) is 2. The first-order valence-electron chi connectivity index (χ1n) is 6.27. The molecular formula is C15H16N2O. The van der Waals surface area contributed by atoms with E-state index in [1.807, 2.05) is 12.3 Å². The van der Waals surface area contributed by atoms with Gasteiger partial charge >= 0.3 is 0 Å². The van der Waals surface area contributed by atoms with E-state index in [-0.39, 0.29) is 5.43 Å². The number of aromatic amines is 2. The van der Waals surface area contributed by atoms with Crippen LogP contribution in [0.3, 0.4) is 0 Å². The van der Waals surface area contributed by atoms with E-state index in [2.05, 4.69) is 29.9 Å². The van der Waals surface area contributed by atoms with Crippen LogP contribution in [-0.4, -0.2) is 9.97 Å². The van der Waals surface area contributed by atoms with Crippen LogP contribution in [0.1, 0.15) is 19.5 Å². The molecule has 2 heterocycles. The molecular weight excluding hydrogens is 224 g/mol. The molecule has 0 saturated carbocycles. The van der Waals surface area contributed by atoms with E-state index in [4.69, 9.17) is 0 Å². The van der Waals surface area contributed by atoms with Gasteiger partial charge in [-0.1, -0.05) is 13.8 Å². The molecule has 0 amide bonds. The van der Waals surface area contributed by atoms with Crippen LogP contribution in [0.2, 0.25) is 0 Å². The van der Waals surface area contributed by atoms with Crippen molar-refractivity contribution in [1.82, 2.24) is 9.97 Å². The van der Waals surface area contributed by atoms with E-state index < -0.39 is 0 Å². The van der Waals surface area contributed by atoms with Crippen molar-refractivity contribution in [3.05, 3.63) is 46.4 Å². The standard InChI is InChI=1S/C15H16N2O/c1-9(2)7-14-15-12(5-6-16-14)11-4-3-10(18)8-13(11)17-15/h3-6,8-9,16-17H,7H2,1-2H3. The van der Waals surface area contributed by atoms with Gasteiger partial charge in [0.1, 0.15) is 0 Å². The Morgan fingerprint density at radius 3 is 2.78 bits per heavy atom. The smallest absolute Gasteiger partial charge is 0.180 e. The maximum absolute atomic E-state index is 11.4. The molecule has 18 heavy (non-hydrogen) atoms.